The van der Waals surface area contributed by atoms with E-state index in [1.807, 2.05) is 6.07 Å². The van der Waals surface area contributed by atoms with E-state index in [9.17, 15) is 8.42 Å². The monoisotopic (exact) mass is 294 g/mol. The standard InChI is InChI=1S/C12H14N4O3S/c1-19-11-5-3-2-4-9(11)6-16-20(17,18)10-7-14-12(13)15-8-10/h2-5,7-8,16H,6H2,1H3,(H2,13,14,15). The Bertz CT molecular complexity index is 686. The lowest BCUT2D eigenvalue weighted by Crippen LogP contribution is -2.24. The first kappa shape index (κ1) is 14.2. The number of nitrogens with one attached hydrogen (secondary N) is 1. The van der Waals surface area contributed by atoms with Gasteiger partial charge in [-0.2, -0.15) is 0 Å². The van der Waals surface area contributed by atoms with Crippen molar-refractivity contribution in [3.05, 3.63) is 42.2 Å². The van der Waals surface area contributed by atoms with Crippen LogP contribution in [0.2, 0.25) is 0 Å². The van der Waals surface area contributed by atoms with Crippen molar-refractivity contribution < 1.29 is 13.2 Å². The number of nitrogens with zero attached hydrogens (tertiary/aromatic N) is 2. The smallest absolute Gasteiger partial charge is 0.243 e. The van der Waals surface area contributed by atoms with E-state index >= 15 is 0 Å². The number of hydrogen-bond acceptors (Lipinski definition) is 6. The van der Waals surface area contributed by atoms with Gasteiger partial charge in [0.15, 0.2) is 0 Å². The van der Waals surface area contributed by atoms with Crippen LogP contribution in [0.5, 0.6) is 5.75 Å². The van der Waals surface area contributed by atoms with Gasteiger partial charge in [-0.3, -0.25) is 0 Å². The van der Waals surface area contributed by atoms with Gasteiger partial charge in [-0.15, -0.1) is 0 Å². The fraction of sp³-hybridized carbons (Fsp3) is 0.167. The third-order valence-electron chi connectivity index (χ3n) is 2.60. The normalized spacial score (nSPS) is 11.2. The van der Waals surface area contributed by atoms with E-state index in [-0.39, 0.29) is 17.4 Å². The Hall–Kier alpha value is -2.19. The molecule has 0 aliphatic heterocycles. The number of para-hydroxylation sites is 1. The number of ether oxygens (including phenoxy) is 1. The van der Waals surface area contributed by atoms with E-state index in [2.05, 4.69) is 14.7 Å². The Labute approximate surface area is 116 Å². The van der Waals surface area contributed by atoms with E-state index in [1.54, 1.807) is 18.2 Å². The molecule has 0 saturated carbocycles. The minimum Gasteiger partial charge on any atom is -0.496 e. The van der Waals surface area contributed by atoms with Gasteiger partial charge in [0.25, 0.3) is 0 Å². The molecule has 0 fully saturated rings. The van der Waals surface area contributed by atoms with Gasteiger partial charge in [-0.05, 0) is 6.07 Å². The highest BCUT2D eigenvalue weighted by atomic mass is 32.2. The fourth-order valence-electron chi connectivity index (χ4n) is 1.57. The molecule has 106 valence electrons. The summed E-state index contributed by atoms with van der Waals surface area (Å²) in [6.45, 7) is 0.108. The zero-order chi connectivity index (χ0) is 14.6. The summed E-state index contributed by atoms with van der Waals surface area (Å²) in [5, 5.41) is 0. The lowest BCUT2D eigenvalue weighted by molar-refractivity contribution is 0.409. The summed E-state index contributed by atoms with van der Waals surface area (Å²) >= 11 is 0. The molecule has 2 aromatic rings. The van der Waals surface area contributed by atoms with Gasteiger partial charge in [-0.1, -0.05) is 18.2 Å². The molecule has 0 unspecified atom stereocenters. The number of rotatable bonds is 5. The summed E-state index contributed by atoms with van der Waals surface area (Å²) in [5.41, 5.74) is 6.05. The topological polar surface area (TPSA) is 107 Å². The van der Waals surface area contributed by atoms with E-state index < -0.39 is 10.0 Å². The molecule has 0 bridgehead atoms. The van der Waals surface area contributed by atoms with Crippen molar-refractivity contribution in [3.63, 3.8) is 0 Å². The molecule has 3 N–H and O–H groups in total. The molecular weight excluding hydrogens is 280 g/mol. The zero-order valence-electron chi connectivity index (χ0n) is 10.8. The number of methoxy groups -OCH3 is 1. The Morgan fingerprint density at radius 2 is 1.90 bits per heavy atom. The molecule has 0 atom stereocenters. The lowest BCUT2D eigenvalue weighted by Gasteiger charge is -2.09. The van der Waals surface area contributed by atoms with Crippen molar-refractivity contribution in [3.8, 4) is 5.75 Å². The Kier molecular flexibility index (Phi) is 4.16. The quantitative estimate of drug-likeness (QED) is 0.833. The zero-order valence-corrected chi connectivity index (χ0v) is 11.6. The number of anilines is 1. The highest BCUT2D eigenvalue weighted by Crippen LogP contribution is 2.17. The maximum Gasteiger partial charge on any atom is 0.243 e. The van der Waals surface area contributed by atoms with Crippen molar-refractivity contribution in [2.75, 3.05) is 12.8 Å². The number of sulfonamides is 1. The molecule has 0 aliphatic rings. The van der Waals surface area contributed by atoms with Crippen LogP contribution in [0.4, 0.5) is 5.95 Å². The van der Waals surface area contributed by atoms with Crippen LogP contribution in [-0.4, -0.2) is 25.5 Å². The predicted molar refractivity (Wildman–Crippen MR) is 73.5 cm³/mol. The van der Waals surface area contributed by atoms with Gasteiger partial charge in [0.05, 0.1) is 19.5 Å². The van der Waals surface area contributed by atoms with Gasteiger partial charge >= 0.3 is 0 Å². The average molecular weight is 294 g/mol. The molecule has 0 amide bonds. The predicted octanol–water partition coefficient (Wildman–Crippen LogP) is 0.546. The van der Waals surface area contributed by atoms with Gasteiger partial charge in [0, 0.05) is 12.1 Å². The summed E-state index contributed by atoms with van der Waals surface area (Å²) in [7, 11) is -2.16. The van der Waals surface area contributed by atoms with E-state index in [0.29, 0.717) is 5.75 Å². The third-order valence-corrected chi connectivity index (χ3v) is 3.96. The van der Waals surface area contributed by atoms with Crippen molar-refractivity contribution in [2.45, 2.75) is 11.4 Å². The summed E-state index contributed by atoms with van der Waals surface area (Å²) in [6.07, 6.45) is 2.32. The van der Waals surface area contributed by atoms with Crippen molar-refractivity contribution in [1.82, 2.24) is 14.7 Å². The molecule has 1 aromatic carbocycles. The van der Waals surface area contributed by atoms with Crippen LogP contribution < -0.4 is 15.2 Å². The molecule has 20 heavy (non-hydrogen) atoms. The van der Waals surface area contributed by atoms with Crippen LogP contribution in [0.1, 0.15) is 5.56 Å². The lowest BCUT2D eigenvalue weighted by atomic mass is 10.2. The molecule has 8 heteroatoms. The minimum absolute atomic E-state index is 0.0219. The number of benzene rings is 1. The summed E-state index contributed by atoms with van der Waals surface area (Å²) in [6, 6.07) is 7.15. The van der Waals surface area contributed by atoms with Crippen molar-refractivity contribution in [2.24, 2.45) is 0 Å². The van der Waals surface area contributed by atoms with Crippen LogP contribution in [-0.2, 0) is 16.6 Å². The molecule has 0 radical (unpaired) electrons. The van der Waals surface area contributed by atoms with Crippen LogP contribution in [0.25, 0.3) is 0 Å². The SMILES string of the molecule is COc1ccccc1CNS(=O)(=O)c1cnc(N)nc1. The Morgan fingerprint density at radius 1 is 1.25 bits per heavy atom. The highest BCUT2D eigenvalue weighted by Gasteiger charge is 2.15. The maximum absolute atomic E-state index is 12.0. The number of nitrogen functional groups attached to an aromatic ring is 1. The van der Waals surface area contributed by atoms with Crippen molar-refractivity contribution in [1.29, 1.82) is 0 Å². The summed E-state index contributed by atoms with van der Waals surface area (Å²) < 4.78 is 31.7. The molecule has 0 saturated heterocycles. The first-order chi connectivity index (χ1) is 9.53. The van der Waals surface area contributed by atoms with E-state index in [4.69, 9.17) is 10.5 Å². The van der Waals surface area contributed by atoms with Crippen LogP contribution in [0, 0.1) is 0 Å². The number of nitrogens with two attached hydrogens (primary N) is 1. The largest absolute Gasteiger partial charge is 0.496 e. The Morgan fingerprint density at radius 3 is 2.55 bits per heavy atom. The van der Waals surface area contributed by atoms with Gasteiger partial charge < -0.3 is 10.5 Å². The van der Waals surface area contributed by atoms with Gasteiger partial charge in [-0.25, -0.2) is 23.1 Å². The van der Waals surface area contributed by atoms with E-state index in [0.717, 1.165) is 18.0 Å². The van der Waals surface area contributed by atoms with Crippen LogP contribution in [0.15, 0.2) is 41.6 Å². The molecular formula is C12H14N4O3S. The summed E-state index contributed by atoms with van der Waals surface area (Å²) in [5.74, 6) is 0.637. The maximum atomic E-state index is 12.0. The molecule has 1 aromatic heterocycles. The first-order valence-corrected chi connectivity index (χ1v) is 7.20. The summed E-state index contributed by atoms with van der Waals surface area (Å²) in [4.78, 5) is 7.27. The minimum atomic E-state index is -3.69. The number of hydrogen-bond donors (Lipinski definition) is 2. The van der Waals surface area contributed by atoms with Gasteiger partial charge in [0.1, 0.15) is 10.6 Å². The Balaban J connectivity index is 2.15. The van der Waals surface area contributed by atoms with Crippen LogP contribution >= 0.6 is 0 Å². The molecule has 1 heterocycles. The highest BCUT2D eigenvalue weighted by molar-refractivity contribution is 7.89. The first-order valence-electron chi connectivity index (χ1n) is 5.72. The average Bonchev–Trinajstić information content (AvgIpc) is 2.46. The van der Waals surface area contributed by atoms with Crippen LogP contribution in [0.3, 0.4) is 0 Å². The van der Waals surface area contributed by atoms with Crippen molar-refractivity contribution >= 4 is 16.0 Å². The molecule has 0 aliphatic carbocycles. The second kappa shape index (κ2) is 5.85. The second-order valence-corrected chi connectivity index (χ2v) is 5.68. The molecule has 7 nitrogen and oxygen atoms in total. The van der Waals surface area contributed by atoms with E-state index in [1.165, 1.54) is 7.11 Å². The number of aromatic nitrogens is 2. The molecule has 0 spiro atoms. The fourth-order valence-corrected chi connectivity index (χ4v) is 2.47. The molecule has 2 rings (SSSR count). The third kappa shape index (κ3) is 3.22. The van der Waals surface area contributed by atoms with Gasteiger partial charge in [0.2, 0.25) is 16.0 Å². The second-order valence-electron chi connectivity index (χ2n) is 3.91.